The molecule has 212 valence electrons. The Labute approximate surface area is 224 Å². The van der Waals surface area contributed by atoms with Gasteiger partial charge in [-0.2, -0.15) is 10.2 Å². The van der Waals surface area contributed by atoms with Crippen LogP contribution in [-0.4, -0.2) is 67.3 Å². The van der Waals surface area contributed by atoms with Gasteiger partial charge in [-0.3, -0.25) is 9.32 Å². The van der Waals surface area contributed by atoms with Gasteiger partial charge in [-0.25, -0.2) is 23.4 Å². The SMILES string of the molecule is CC[C@H](NP(=O)(OC[C@H]1O[C@@H](c2cnc3c(N)ncnn23)[C@](C)(F)[C@@H]1O)Oc1ccccc1)C(=O)OC(C)C. The quantitative estimate of drug-likeness (QED) is 0.229. The maximum atomic E-state index is 15.8. The van der Waals surface area contributed by atoms with Gasteiger partial charge in [0.1, 0.15) is 36.4 Å². The van der Waals surface area contributed by atoms with Gasteiger partial charge < -0.3 is 24.8 Å². The largest absolute Gasteiger partial charge is 0.462 e. The number of aliphatic hydroxyl groups excluding tert-OH is 1. The molecule has 0 amide bonds. The third kappa shape index (κ3) is 6.20. The lowest BCUT2D eigenvalue weighted by Crippen LogP contribution is -2.41. The number of fused-ring (bicyclic) bond motifs is 1. The van der Waals surface area contributed by atoms with E-state index in [-0.39, 0.29) is 29.3 Å². The van der Waals surface area contributed by atoms with Gasteiger partial charge in [0.25, 0.3) is 0 Å². The number of carbonyl (C=O) groups is 1. The molecular formula is C24H32FN6O7P. The molecule has 0 saturated carbocycles. The second-order valence-corrected chi connectivity index (χ2v) is 11.2. The van der Waals surface area contributed by atoms with Crippen LogP contribution in [0, 0.1) is 0 Å². The van der Waals surface area contributed by atoms with Crippen molar-refractivity contribution >= 4 is 25.2 Å². The van der Waals surface area contributed by atoms with Crippen LogP contribution in [0.5, 0.6) is 5.75 Å². The molecule has 0 aliphatic carbocycles. The zero-order chi connectivity index (χ0) is 28.4. The van der Waals surface area contributed by atoms with Crippen LogP contribution in [-0.2, 0) is 23.4 Å². The number of aromatic nitrogens is 4. The smallest absolute Gasteiger partial charge is 0.459 e. The van der Waals surface area contributed by atoms with E-state index in [0.717, 1.165) is 0 Å². The maximum absolute atomic E-state index is 15.8. The van der Waals surface area contributed by atoms with E-state index in [4.69, 9.17) is 24.3 Å². The molecule has 2 aromatic heterocycles. The number of aliphatic hydroxyl groups is 1. The topological polar surface area (TPSA) is 172 Å². The third-order valence-corrected chi connectivity index (χ3v) is 7.68. The lowest BCUT2D eigenvalue weighted by Gasteiger charge is -2.26. The van der Waals surface area contributed by atoms with Gasteiger partial charge in [0.15, 0.2) is 17.1 Å². The monoisotopic (exact) mass is 566 g/mol. The Morgan fingerprint density at radius 1 is 1.33 bits per heavy atom. The highest BCUT2D eigenvalue weighted by molar-refractivity contribution is 7.52. The second kappa shape index (κ2) is 11.5. The number of ether oxygens (including phenoxy) is 2. The fourth-order valence-electron chi connectivity index (χ4n) is 4.12. The number of hydrogen-bond donors (Lipinski definition) is 3. The zero-order valence-corrected chi connectivity index (χ0v) is 22.8. The summed E-state index contributed by atoms with van der Waals surface area (Å²) in [6.07, 6.45) is -1.95. The molecule has 0 radical (unpaired) electrons. The molecule has 15 heteroatoms. The Bertz CT molecular complexity index is 1340. The summed E-state index contributed by atoms with van der Waals surface area (Å²) in [5, 5.41) is 17.5. The zero-order valence-electron chi connectivity index (χ0n) is 21.9. The Kier molecular flexibility index (Phi) is 8.52. The van der Waals surface area contributed by atoms with Gasteiger partial charge >= 0.3 is 13.7 Å². The molecule has 0 bridgehead atoms. The van der Waals surface area contributed by atoms with Crippen molar-refractivity contribution in [2.24, 2.45) is 0 Å². The van der Waals surface area contributed by atoms with E-state index in [0.29, 0.717) is 0 Å². The van der Waals surface area contributed by atoms with Crippen LogP contribution < -0.4 is 15.3 Å². The highest BCUT2D eigenvalue weighted by atomic mass is 31.2. The average Bonchev–Trinajstić information content (AvgIpc) is 3.41. The van der Waals surface area contributed by atoms with Crippen molar-refractivity contribution in [3.05, 3.63) is 48.5 Å². The van der Waals surface area contributed by atoms with Crippen molar-refractivity contribution in [2.45, 2.75) is 70.2 Å². The van der Waals surface area contributed by atoms with Crippen LogP contribution in [0.3, 0.4) is 0 Å². The molecule has 6 atom stereocenters. The number of nitrogens with two attached hydrogens (primary N) is 1. The average molecular weight is 567 g/mol. The number of carbonyl (C=O) groups excluding carboxylic acids is 1. The standard InChI is InChI=1S/C24H32FN6O7P/c1-5-16(23(33)36-14(2)3)30-39(34,38-15-9-7-6-8-10-15)35-12-18-19(32)24(4,25)20(37-18)17-11-27-22-21(26)28-13-29-31(17)22/h6-11,13-14,16,18-20,32H,5,12H2,1-4H3,(H,30,34)(H2,26,28,29)/t16-,18+,19+,20-,24+,39?/m0/s1. The number of hydrogen-bond acceptors (Lipinski definition) is 11. The van der Waals surface area contributed by atoms with E-state index in [2.05, 4.69) is 20.2 Å². The van der Waals surface area contributed by atoms with Crippen molar-refractivity contribution in [2.75, 3.05) is 12.3 Å². The molecule has 1 aromatic carbocycles. The summed E-state index contributed by atoms with van der Waals surface area (Å²) >= 11 is 0. The van der Waals surface area contributed by atoms with Gasteiger partial charge in [0.05, 0.1) is 24.6 Å². The molecule has 4 rings (SSSR count). The molecule has 1 aliphatic rings. The number of nitrogens with zero attached hydrogens (tertiary/aromatic N) is 4. The number of rotatable bonds is 11. The van der Waals surface area contributed by atoms with Crippen molar-refractivity contribution in [3.8, 4) is 5.75 Å². The molecule has 39 heavy (non-hydrogen) atoms. The normalized spacial score (nSPS) is 25.5. The molecule has 1 unspecified atom stereocenters. The van der Waals surface area contributed by atoms with Crippen molar-refractivity contribution in [1.29, 1.82) is 0 Å². The number of benzene rings is 1. The van der Waals surface area contributed by atoms with Crippen LogP contribution >= 0.6 is 7.75 Å². The minimum absolute atomic E-state index is 0.0850. The molecule has 1 aliphatic heterocycles. The fraction of sp³-hybridized carbons (Fsp3) is 0.500. The molecule has 4 N–H and O–H groups in total. The first-order valence-corrected chi connectivity index (χ1v) is 13.9. The summed E-state index contributed by atoms with van der Waals surface area (Å²) in [7, 11) is -4.28. The van der Waals surface area contributed by atoms with Gasteiger partial charge in [-0.1, -0.05) is 25.1 Å². The number of nitrogens with one attached hydrogen (secondary N) is 1. The summed E-state index contributed by atoms with van der Waals surface area (Å²) in [5.74, 6) is -0.360. The summed E-state index contributed by atoms with van der Waals surface area (Å²) in [4.78, 5) is 20.5. The second-order valence-electron chi connectivity index (χ2n) is 9.49. The van der Waals surface area contributed by atoms with Crippen LogP contribution in [0.4, 0.5) is 10.2 Å². The highest BCUT2D eigenvalue weighted by Gasteiger charge is 2.56. The van der Waals surface area contributed by atoms with Gasteiger partial charge in [0.2, 0.25) is 0 Å². The number of esters is 1. The first kappa shape index (κ1) is 28.8. The maximum Gasteiger partial charge on any atom is 0.459 e. The summed E-state index contributed by atoms with van der Waals surface area (Å²) in [5.41, 5.74) is 3.90. The predicted molar refractivity (Wildman–Crippen MR) is 137 cm³/mol. The number of imidazole rings is 1. The van der Waals surface area contributed by atoms with Gasteiger partial charge in [-0.15, -0.1) is 0 Å². The summed E-state index contributed by atoms with van der Waals surface area (Å²) in [6.45, 7) is 5.70. The van der Waals surface area contributed by atoms with Crippen molar-refractivity contribution in [3.63, 3.8) is 0 Å². The van der Waals surface area contributed by atoms with Gasteiger partial charge in [-0.05, 0) is 39.3 Å². The number of para-hydroxylation sites is 1. The van der Waals surface area contributed by atoms with Gasteiger partial charge in [0, 0.05) is 0 Å². The van der Waals surface area contributed by atoms with E-state index in [9.17, 15) is 14.5 Å². The Morgan fingerprint density at radius 3 is 2.72 bits per heavy atom. The van der Waals surface area contributed by atoms with Crippen LogP contribution in [0.2, 0.25) is 0 Å². The minimum atomic E-state index is -4.28. The number of anilines is 1. The lowest BCUT2D eigenvalue weighted by molar-refractivity contribution is -0.149. The molecule has 3 heterocycles. The molecule has 0 spiro atoms. The minimum Gasteiger partial charge on any atom is -0.462 e. The Hall–Kier alpha value is -3.16. The third-order valence-electron chi connectivity index (χ3n) is 6.12. The summed E-state index contributed by atoms with van der Waals surface area (Å²) in [6, 6.07) is 7.15. The summed E-state index contributed by atoms with van der Waals surface area (Å²) < 4.78 is 53.3. The Balaban J connectivity index is 1.55. The number of nitrogen functional groups attached to an aromatic ring is 1. The highest BCUT2D eigenvalue weighted by Crippen LogP contribution is 2.49. The first-order valence-electron chi connectivity index (χ1n) is 12.4. The predicted octanol–water partition coefficient (Wildman–Crippen LogP) is 2.76. The van der Waals surface area contributed by atoms with E-state index in [1.807, 2.05) is 0 Å². The van der Waals surface area contributed by atoms with Crippen LogP contribution in [0.1, 0.15) is 45.9 Å². The van der Waals surface area contributed by atoms with E-state index in [1.54, 1.807) is 51.1 Å². The number of halogens is 1. The molecular weight excluding hydrogens is 534 g/mol. The molecule has 1 fully saturated rings. The fourth-order valence-corrected chi connectivity index (χ4v) is 5.71. The Morgan fingerprint density at radius 2 is 2.05 bits per heavy atom. The molecule has 3 aromatic rings. The van der Waals surface area contributed by atoms with E-state index in [1.165, 1.54) is 24.0 Å². The van der Waals surface area contributed by atoms with E-state index >= 15 is 4.39 Å². The van der Waals surface area contributed by atoms with Crippen LogP contribution in [0.15, 0.2) is 42.9 Å². The van der Waals surface area contributed by atoms with Crippen molar-refractivity contribution in [1.82, 2.24) is 24.7 Å². The lowest BCUT2D eigenvalue weighted by atomic mass is 9.93. The number of alkyl halides is 1. The van der Waals surface area contributed by atoms with Crippen molar-refractivity contribution < 1.29 is 37.4 Å². The molecule has 1 saturated heterocycles. The van der Waals surface area contributed by atoms with E-state index < -0.39 is 56.4 Å². The van der Waals surface area contributed by atoms with Crippen LogP contribution in [0.25, 0.3) is 5.65 Å². The molecule has 13 nitrogen and oxygen atoms in total. The first-order chi connectivity index (χ1) is 18.4.